The first kappa shape index (κ1) is 18.7. The number of halogens is 2. The zero-order chi connectivity index (χ0) is 20.4. The van der Waals surface area contributed by atoms with Crippen LogP contribution in [0.25, 0.3) is 10.8 Å². The third-order valence-corrected chi connectivity index (χ3v) is 4.56. The molecule has 0 unspecified atom stereocenters. The van der Waals surface area contributed by atoms with Gasteiger partial charge in [-0.2, -0.15) is 8.78 Å². The Bertz CT molecular complexity index is 1070. The monoisotopic (exact) mass is 397 g/mol. The van der Waals surface area contributed by atoms with Crippen molar-refractivity contribution in [3.05, 3.63) is 60.7 Å². The molecule has 1 heterocycles. The van der Waals surface area contributed by atoms with E-state index >= 15 is 0 Å². The zero-order valence-electron chi connectivity index (χ0n) is 15.1. The number of rotatable bonds is 5. The van der Waals surface area contributed by atoms with Crippen LogP contribution in [-0.4, -0.2) is 24.5 Å². The second-order valence-corrected chi connectivity index (χ2v) is 6.55. The van der Waals surface area contributed by atoms with Gasteiger partial charge in [0.15, 0.2) is 0 Å². The Morgan fingerprint density at radius 2 is 1.72 bits per heavy atom. The standard InChI is InChI=1S/C21H17F2N3O3/c22-21(23)29-14-9-7-13(8-10-14)24-18(27)11-17-20(28)26-16-6-2-4-12-3-1-5-15(25-17)19(12)16/h1-10,17,21,25H,11H2,(H,24,27)(H,26,28)/t17-/m1/s1. The highest BCUT2D eigenvalue weighted by atomic mass is 19.3. The molecule has 0 saturated carbocycles. The van der Waals surface area contributed by atoms with E-state index in [4.69, 9.17) is 0 Å². The summed E-state index contributed by atoms with van der Waals surface area (Å²) in [6, 6.07) is 16.1. The average molecular weight is 397 g/mol. The number of benzene rings is 3. The predicted molar refractivity (Wildman–Crippen MR) is 106 cm³/mol. The van der Waals surface area contributed by atoms with Crippen LogP contribution < -0.4 is 20.7 Å². The molecule has 6 nitrogen and oxygen atoms in total. The summed E-state index contributed by atoms with van der Waals surface area (Å²) < 4.78 is 28.7. The molecule has 3 aromatic rings. The smallest absolute Gasteiger partial charge is 0.387 e. The zero-order valence-corrected chi connectivity index (χ0v) is 15.1. The number of nitrogens with one attached hydrogen (secondary N) is 3. The summed E-state index contributed by atoms with van der Waals surface area (Å²) in [7, 11) is 0. The minimum absolute atomic E-state index is 0.00586. The highest BCUT2D eigenvalue weighted by Crippen LogP contribution is 2.33. The lowest BCUT2D eigenvalue weighted by Crippen LogP contribution is -2.36. The van der Waals surface area contributed by atoms with Gasteiger partial charge in [0.2, 0.25) is 11.8 Å². The Hall–Kier alpha value is -3.68. The molecule has 1 aliphatic heterocycles. The molecule has 0 aliphatic carbocycles. The van der Waals surface area contributed by atoms with Crippen LogP contribution in [-0.2, 0) is 9.59 Å². The van der Waals surface area contributed by atoms with Gasteiger partial charge in [-0.3, -0.25) is 9.59 Å². The number of hydrogen-bond donors (Lipinski definition) is 3. The van der Waals surface area contributed by atoms with Gasteiger partial charge in [0.1, 0.15) is 11.8 Å². The summed E-state index contributed by atoms with van der Waals surface area (Å²) in [4.78, 5) is 25.1. The van der Waals surface area contributed by atoms with Gasteiger partial charge in [0.25, 0.3) is 0 Å². The Labute approximate surface area is 164 Å². The van der Waals surface area contributed by atoms with Crippen molar-refractivity contribution in [3.63, 3.8) is 0 Å². The molecule has 0 spiro atoms. The van der Waals surface area contributed by atoms with Gasteiger partial charge in [-0.25, -0.2) is 0 Å². The predicted octanol–water partition coefficient (Wildman–Crippen LogP) is 4.20. The van der Waals surface area contributed by atoms with Crippen LogP contribution in [0, 0.1) is 0 Å². The molecule has 2 amide bonds. The second kappa shape index (κ2) is 7.75. The lowest BCUT2D eigenvalue weighted by atomic mass is 10.1. The lowest BCUT2D eigenvalue weighted by molar-refractivity contribution is -0.121. The van der Waals surface area contributed by atoms with Crippen LogP contribution in [0.3, 0.4) is 0 Å². The molecule has 3 N–H and O–H groups in total. The van der Waals surface area contributed by atoms with Crippen molar-refractivity contribution in [1.29, 1.82) is 0 Å². The average Bonchev–Trinajstić information content (AvgIpc) is 2.81. The van der Waals surface area contributed by atoms with Gasteiger partial charge in [0.05, 0.1) is 12.1 Å². The second-order valence-electron chi connectivity index (χ2n) is 6.55. The van der Waals surface area contributed by atoms with Gasteiger partial charge in [0, 0.05) is 16.8 Å². The number of carbonyl (C=O) groups is 2. The molecule has 1 atom stereocenters. The summed E-state index contributed by atoms with van der Waals surface area (Å²) in [5, 5.41) is 10.5. The Kier molecular flexibility index (Phi) is 4.99. The Morgan fingerprint density at radius 1 is 1.03 bits per heavy atom. The Balaban J connectivity index is 1.46. The van der Waals surface area contributed by atoms with Crippen LogP contribution in [0.15, 0.2) is 60.7 Å². The molecule has 0 aromatic heterocycles. The molecule has 0 radical (unpaired) electrons. The SMILES string of the molecule is O=C(C[C@H]1Nc2cccc3cccc(c23)NC1=O)Nc1ccc(OC(F)F)cc1. The van der Waals surface area contributed by atoms with Crippen LogP contribution in [0.4, 0.5) is 25.8 Å². The van der Waals surface area contributed by atoms with E-state index in [-0.39, 0.29) is 18.1 Å². The van der Waals surface area contributed by atoms with E-state index in [0.29, 0.717) is 11.4 Å². The van der Waals surface area contributed by atoms with Crippen molar-refractivity contribution in [1.82, 2.24) is 0 Å². The quantitative estimate of drug-likeness (QED) is 0.603. The van der Waals surface area contributed by atoms with Crippen LogP contribution >= 0.6 is 0 Å². The first-order valence-corrected chi connectivity index (χ1v) is 8.93. The molecular weight excluding hydrogens is 380 g/mol. The molecule has 0 saturated heterocycles. The minimum atomic E-state index is -2.91. The molecule has 0 bridgehead atoms. The largest absolute Gasteiger partial charge is 0.435 e. The maximum Gasteiger partial charge on any atom is 0.387 e. The summed E-state index contributed by atoms with van der Waals surface area (Å²) in [5.41, 5.74) is 1.87. The first-order chi connectivity index (χ1) is 14.0. The van der Waals surface area contributed by atoms with Gasteiger partial charge >= 0.3 is 6.61 Å². The van der Waals surface area contributed by atoms with Gasteiger partial charge in [-0.05, 0) is 41.8 Å². The van der Waals surface area contributed by atoms with E-state index in [0.717, 1.165) is 16.5 Å². The number of hydrogen-bond acceptors (Lipinski definition) is 4. The number of ether oxygens (including phenoxy) is 1. The van der Waals surface area contributed by atoms with Crippen molar-refractivity contribution in [3.8, 4) is 5.75 Å². The minimum Gasteiger partial charge on any atom is -0.435 e. The Morgan fingerprint density at radius 3 is 2.41 bits per heavy atom. The molecular formula is C21H17F2N3O3. The maximum absolute atomic E-state index is 12.6. The summed E-state index contributed by atoms with van der Waals surface area (Å²) in [5.74, 6) is -0.712. The number of carbonyl (C=O) groups excluding carboxylic acids is 2. The van der Waals surface area contributed by atoms with E-state index in [2.05, 4.69) is 20.7 Å². The summed E-state index contributed by atoms with van der Waals surface area (Å²) >= 11 is 0. The third-order valence-electron chi connectivity index (χ3n) is 4.56. The number of anilines is 3. The van der Waals surface area contributed by atoms with Gasteiger partial charge < -0.3 is 20.7 Å². The van der Waals surface area contributed by atoms with Gasteiger partial charge in [-0.1, -0.05) is 24.3 Å². The molecule has 148 valence electrons. The number of alkyl halides is 2. The lowest BCUT2D eigenvalue weighted by Gasteiger charge is -2.16. The van der Waals surface area contributed by atoms with Crippen LogP contribution in [0.1, 0.15) is 6.42 Å². The molecule has 29 heavy (non-hydrogen) atoms. The fourth-order valence-corrected chi connectivity index (χ4v) is 3.30. The van der Waals surface area contributed by atoms with Crippen molar-refractivity contribution in [2.24, 2.45) is 0 Å². The van der Waals surface area contributed by atoms with Crippen molar-refractivity contribution >= 4 is 39.6 Å². The third kappa shape index (κ3) is 4.11. The van der Waals surface area contributed by atoms with E-state index in [9.17, 15) is 18.4 Å². The number of amides is 2. The van der Waals surface area contributed by atoms with E-state index in [1.807, 2.05) is 36.4 Å². The van der Waals surface area contributed by atoms with E-state index < -0.39 is 18.6 Å². The van der Waals surface area contributed by atoms with Crippen LogP contribution in [0.5, 0.6) is 5.75 Å². The highest BCUT2D eigenvalue weighted by Gasteiger charge is 2.26. The van der Waals surface area contributed by atoms with Crippen molar-refractivity contribution in [2.45, 2.75) is 19.1 Å². The first-order valence-electron chi connectivity index (χ1n) is 8.93. The molecule has 8 heteroatoms. The highest BCUT2D eigenvalue weighted by molar-refractivity contribution is 6.13. The fraction of sp³-hybridized carbons (Fsp3) is 0.143. The fourth-order valence-electron chi connectivity index (χ4n) is 3.30. The van der Waals surface area contributed by atoms with Crippen molar-refractivity contribution < 1.29 is 23.1 Å². The molecule has 3 aromatic carbocycles. The maximum atomic E-state index is 12.6. The molecule has 0 fully saturated rings. The van der Waals surface area contributed by atoms with Gasteiger partial charge in [-0.15, -0.1) is 0 Å². The molecule has 4 rings (SSSR count). The van der Waals surface area contributed by atoms with Crippen LogP contribution in [0.2, 0.25) is 0 Å². The summed E-state index contributed by atoms with van der Waals surface area (Å²) in [6.07, 6.45) is -0.106. The normalized spacial score (nSPS) is 15.4. The molecule has 1 aliphatic rings. The summed E-state index contributed by atoms with van der Waals surface area (Å²) in [6.45, 7) is -2.91. The van der Waals surface area contributed by atoms with E-state index in [1.54, 1.807) is 0 Å². The van der Waals surface area contributed by atoms with E-state index in [1.165, 1.54) is 24.3 Å². The topological polar surface area (TPSA) is 79.5 Å². The van der Waals surface area contributed by atoms with Crippen molar-refractivity contribution in [2.75, 3.05) is 16.0 Å².